The number of fused-ring (bicyclic) bond motifs is 1. The molecule has 1 saturated carbocycles. The molecule has 1 aliphatic carbocycles. The van der Waals surface area contributed by atoms with Crippen LogP contribution in [0.3, 0.4) is 0 Å². The SMILES string of the molecule is CC1CC1CN(C)C(=O)N1CC(C(=O)O)c2ccccc21. The molecule has 1 aromatic carbocycles. The fraction of sp³-hybridized carbons (Fsp3) is 0.500. The Labute approximate surface area is 124 Å². The van der Waals surface area contributed by atoms with Crippen molar-refractivity contribution in [3.63, 3.8) is 0 Å². The quantitative estimate of drug-likeness (QED) is 0.929. The predicted octanol–water partition coefficient (Wildman–Crippen LogP) is 2.38. The van der Waals surface area contributed by atoms with Crippen molar-refractivity contribution < 1.29 is 14.7 Å². The molecule has 1 aliphatic heterocycles. The van der Waals surface area contributed by atoms with Gasteiger partial charge in [0.25, 0.3) is 0 Å². The van der Waals surface area contributed by atoms with Crippen molar-refractivity contribution in [1.29, 1.82) is 0 Å². The summed E-state index contributed by atoms with van der Waals surface area (Å²) < 4.78 is 0. The summed E-state index contributed by atoms with van der Waals surface area (Å²) in [6.07, 6.45) is 1.17. The van der Waals surface area contributed by atoms with Crippen LogP contribution in [0.15, 0.2) is 24.3 Å². The Balaban J connectivity index is 1.79. The number of aliphatic carboxylic acids is 1. The van der Waals surface area contributed by atoms with Gasteiger partial charge in [-0.25, -0.2) is 4.79 Å². The first-order valence-electron chi connectivity index (χ1n) is 7.33. The van der Waals surface area contributed by atoms with Crippen LogP contribution in [0.5, 0.6) is 0 Å². The lowest BCUT2D eigenvalue weighted by atomic mass is 10.0. The Morgan fingerprint density at radius 2 is 2.05 bits per heavy atom. The number of carbonyl (C=O) groups excluding carboxylic acids is 1. The molecule has 3 unspecified atom stereocenters. The maximum Gasteiger partial charge on any atom is 0.324 e. The number of rotatable bonds is 3. The predicted molar refractivity (Wildman–Crippen MR) is 79.5 cm³/mol. The molecular weight excluding hydrogens is 268 g/mol. The van der Waals surface area contributed by atoms with Crippen molar-refractivity contribution in [2.75, 3.05) is 25.0 Å². The van der Waals surface area contributed by atoms with E-state index in [1.807, 2.05) is 18.2 Å². The molecule has 21 heavy (non-hydrogen) atoms. The maximum atomic E-state index is 12.6. The maximum absolute atomic E-state index is 12.6. The van der Waals surface area contributed by atoms with Crippen LogP contribution in [0.25, 0.3) is 0 Å². The Morgan fingerprint density at radius 1 is 1.38 bits per heavy atom. The van der Waals surface area contributed by atoms with Crippen molar-refractivity contribution in [1.82, 2.24) is 4.90 Å². The van der Waals surface area contributed by atoms with Gasteiger partial charge in [0.05, 0.1) is 0 Å². The van der Waals surface area contributed by atoms with Gasteiger partial charge in [-0.3, -0.25) is 9.69 Å². The van der Waals surface area contributed by atoms with Crippen molar-refractivity contribution in [3.8, 4) is 0 Å². The number of para-hydroxylation sites is 1. The molecule has 0 saturated heterocycles. The zero-order chi connectivity index (χ0) is 15.1. The van der Waals surface area contributed by atoms with E-state index in [2.05, 4.69) is 6.92 Å². The lowest BCUT2D eigenvalue weighted by Crippen LogP contribution is -2.42. The van der Waals surface area contributed by atoms with E-state index < -0.39 is 11.9 Å². The molecule has 1 heterocycles. The summed E-state index contributed by atoms with van der Waals surface area (Å²) in [5.41, 5.74) is 1.46. The van der Waals surface area contributed by atoms with E-state index in [9.17, 15) is 14.7 Å². The highest BCUT2D eigenvalue weighted by molar-refractivity contribution is 5.97. The molecule has 1 N–H and O–H groups in total. The molecule has 0 radical (unpaired) electrons. The Morgan fingerprint density at radius 3 is 2.67 bits per heavy atom. The number of carboxylic acid groups (broad SMARTS) is 1. The highest BCUT2D eigenvalue weighted by Crippen LogP contribution is 2.39. The molecule has 0 bridgehead atoms. The van der Waals surface area contributed by atoms with Gasteiger partial charge in [0.1, 0.15) is 5.92 Å². The second-order valence-electron chi connectivity index (χ2n) is 6.20. The second-order valence-corrected chi connectivity index (χ2v) is 6.20. The van der Waals surface area contributed by atoms with Gasteiger partial charge in [0.2, 0.25) is 0 Å². The average molecular weight is 288 g/mol. The monoisotopic (exact) mass is 288 g/mol. The van der Waals surface area contributed by atoms with Gasteiger partial charge in [-0.2, -0.15) is 0 Å². The first-order valence-corrected chi connectivity index (χ1v) is 7.33. The molecule has 3 atom stereocenters. The first-order chi connectivity index (χ1) is 9.99. The summed E-state index contributed by atoms with van der Waals surface area (Å²) in [6, 6.07) is 7.17. The molecule has 5 heteroatoms. The fourth-order valence-electron chi connectivity index (χ4n) is 3.09. The molecular formula is C16H20N2O3. The van der Waals surface area contributed by atoms with E-state index in [4.69, 9.17) is 0 Å². The number of carbonyl (C=O) groups is 2. The van der Waals surface area contributed by atoms with Crippen LogP contribution in [0.1, 0.15) is 24.8 Å². The van der Waals surface area contributed by atoms with Gasteiger partial charge >= 0.3 is 12.0 Å². The molecule has 1 fully saturated rings. The molecule has 0 spiro atoms. The summed E-state index contributed by atoms with van der Waals surface area (Å²) in [4.78, 5) is 27.3. The van der Waals surface area contributed by atoms with Gasteiger partial charge < -0.3 is 10.0 Å². The number of carboxylic acids is 1. The van der Waals surface area contributed by atoms with E-state index in [1.165, 1.54) is 6.42 Å². The van der Waals surface area contributed by atoms with E-state index >= 15 is 0 Å². The van der Waals surface area contributed by atoms with Crippen molar-refractivity contribution in [2.24, 2.45) is 11.8 Å². The van der Waals surface area contributed by atoms with Crippen LogP contribution < -0.4 is 4.90 Å². The minimum absolute atomic E-state index is 0.106. The number of amides is 2. The summed E-state index contributed by atoms with van der Waals surface area (Å²) in [7, 11) is 1.80. The van der Waals surface area contributed by atoms with E-state index in [0.717, 1.165) is 17.8 Å². The van der Waals surface area contributed by atoms with Crippen LogP contribution in [-0.2, 0) is 4.79 Å². The van der Waals surface area contributed by atoms with E-state index in [-0.39, 0.29) is 12.6 Å². The average Bonchev–Trinajstić information content (AvgIpc) is 3.01. The standard InChI is InChI=1S/C16H20N2O3/c1-10-7-11(10)8-17(2)16(21)18-9-13(15(19)20)12-5-3-4-6-14(12)18/h3-6,10-11,13H,7-9H2,1-2H3,(H,19,20). The van der Waals surface area contributed by atoms with Crippen LogP contribution in [0.4, 0.5) is 10.5 Å². The zero-order valence-electron chi connectivity index (χ0n) is 12.3. The van der Waals surface area contributed by atoms with E-state index in [1.54, 1.807) is 22.9 Å². The molecule has 0 aromatic heterocycles. The van der Waals surface area contributed by atoms with E-state index in [0.29, 0.717) is 11.8 Å². The third-order valence-electron chi connectivity index (χ3n) is 4.61. The molecule has 2 amide bonds. The van der Waals surface area contributed by atoms with Gasteiger partial charge in [0.15, 0.2) is 0 Å². The van der Waals surface area contributed by atoms with Gasteiger partial charge in [-0.05, 0) is 29.9 Å². The number of hydrogen-bond donors (Lipinski definition) is 1. The fourth-order valence-corrected chi connectivity index (χ4v) is 3.09. The van der Waals surface area contributed by atoms with Crippen molar-refractivity contribution in [3.05, 3.63) is 29.8 Å². The molecule has 3 rings (SSSR count). The summed E-state index contributed by atoms with van der Waals surface area (Å²) >= 11 is 0. The Hall–Kier alpha value is -2.04. The van der Waals surface area contributed by atoms with Crippen LogP contribution in [0, 0.1) is 11.8 Å². The van der Waals surface area contributed by atoms with Crippen LogP contribution in [-0.4, -0.2) is 42.1 Å². The highest BCUT2D eigenvalue weighted by Gasteiger charge is 2.39. The molecule has 112 valence electrons. The lowest BCUT2D eigenvalue weighted by Gasteiger charge is -2.25. The highest BCUT2D eigenvalue weighted by atomic mass is 16.4. The number of hydrogen-bond acceptors (Lipinski definition) is 2. The largest absolute Gasteiger partial charge is 0.481 e. The topological polar surface area (TPSA) is 60.9 Å². The summed E-state index contributed by atoms with van der Waals surface area (Å²) in [5, 5.41) is 9.34. The normalized spacial score (nSPS) is 26.4. The zero-order valence-corrected chi connectivity index (χ0v) is 12.3. The number of urea groups is 1. The summed E-state index contributed by atoms with van der Waals surface area (Å²) in [6.45, 7) is 3.16. The van der Waals surface area contributed by atoms with Crippen molar-refractivity contribution in [2.45, 2.75) is 19.3 Å². The molecule has 2 aliphatic rings. The van der Waals surface area contributed by atoms with Crippen LogP contribution in [0.2, 0.25) is 0 Å². The minimum Gasteiger partial charge on any atom is -0.481 e. The number of benzene rings is 1. The smallest absolute Gasteiger partial charge is 0.324 e. The second kappa shape index (κ2) is 5.06. The first kappa shape index (κ1) is 13.9. The lowest BCUT2D eigenvalue weighted by molar-refractivity contribution is -0.138. The molecule has 1 aromatic rings. The number of anilines is 1. The Bertz CT molecular complexity index is 587. The summed E-state index contributed by atoms with van der Waals surface area (Å²) in [5.74, 6) is -0.223. The van der Waals surface area contributed by atoms with Gasteiger partial charge in [-0.15, -0.1) is 0 Å². The minimum atomic E-state index is -0.879. The van der Waals surface area contributed by atoms with Gasteiger partial charge in [-0.1, -0.05) is 25.1 Å². The molecule has 5 nitrogen and oxygen atoms in total. The Kier molecular flexibility index (Phi) is 3.35. The van der Waals surface area contributed by atoms with Gasteiger partial charge in [0, 0.05) is 25.8 Å². The van der Waals surface area contributed by atoms with Crippen LogP contribution >= 0.6 is 0 Å². The number of nitrogens with zero attached hydrogens (tertiary/aromatic N) is 2. The third-order valence-corrected chi connectivity index (χ3v) is 4.61. The van der Waals surface area contributed by atoms with Crippen molar-refractivity contribution >= 4 is 17.7 Å². The third kappa shape index (κ3) is 2.48.